The summed E-state index contributed by atoms with van der Waals surface area (Å²) in [5, 5.41) is 43.1. The van der Waals surface area contributed by atoms with Crippen LogP contribution in [0.15, 0.2) is 5.16 Å². The first-order valence-corrected chi connectivity index (χ1v) is 13.5. The molecule has 11 nitrogen and oxygen atoms in total. The van der Waals surface area contributed by atoms with E-state index in [1.165, 1.54) is 0 Å². The molecule has 14 heteroatoms. The van der Waals surface area contributed by atoms with Crippen molar-refractivity contribution in [2.45, 2.75) is 80.7 Å². The van der Waals surface area contributed by atoms with Crippen molar-refractivity contribution in [3.8, 4) is 0 Å². The molecule has 0 aliphatic carbocycles. The van der Waals surface area contributed by atoms with Crippen LogP contribution in [-0.2, 0) is 30.2 Å². The van der Waals surface area contributed by atoms with Crippen molar-refractivity contribution >= 4 is 39.5 Å². The van der Waals surface area contributed by atoms with E-state index in [0.29, 0.717) is 12.2 Å². The zero-order valence-electron chi connectivity index (χ0n) is 17.4. The standard InChI is InChI=1S/C17H33NO10S3/c1-30(23)10-8-6-4-2-3-5-7-9-13(18-28-31(24,25)26)17(29)16(22)15(21)14(20)12(11-19)27-17/h12,14-16,19-22,29H,2-11H2,1H3,(H,24,25,26)/b18-13+/t12-,14-,15+,16-,17+,30?/m1/s1. The number of rotatable bonds is 14. The molecule has 5 N–H and O–H groups in total. The summed E-state index contributed by atoms with van der Waals surface area (Å²) in [7, 11) is -5.72. The second-order valence-electron chi connectivity index (χ2n) is 7.50. The number of ether oxygens (including phenoxy) is 1. The van der Waals surface area contributed by atoms with E-state index in [-0.39, 0.29) is 12.1 Å². The molecular formula is C17H33NO10S3. The van der Waals surface area contributed by atoms with Gasteiger partial charge in [0.05, 0.1) is 6.61 Å². The lowest BCUT2D eigenvalue weighted by molar-refractivity contribution is -0.222. The zero-order valence-corrected chi connectivity index (χ0v) is 19.9. The van der Waals surface area contributed by atoms with Crippen LogP contribution in [0, 0.1) is 0 Å². The molecule has 1 aliphatic rings. The minimum atomic E-state index is -4.94. The maximum atomic E-state index is 11.0. The highest BCUT2D eigenvalue weighted by molar-refractivity contribution is 7.84. The first kappa shape index (κ1) is 28.7. The van der Waals surface area contributed by atoms with Crippen LogP contribution in [0.25, 0.3) is 0 Å². The van der Waals surface area contributed by atoms with Gasteiger partial charge < -0.3 is 25.2 Å². The number of thiol groups is 1. The number of hydrogen-bond donors (Lipinski definition) is 6. The van der Waals surface area contributed by atoms with E-state index in [1.807, 2.05) is 0 Å². The van der Waals surface area contributed by atoms with Gasteiger partial charge in [-0.1, -0.05) is 37.3 Å². The molecular weight excluding hydrogens is 474 g/mol. The van der Waals surface area contributed by atoms with Gasteiger partial charge in [0.1, 0.15) is 30.1 Å². The highest BCUT2D eigenvalue weighted by Crippen LogP contribution is 2.36. The number of unbranched alkanes of at least 4 members (excludes halogenated alkanes) is 6. The number of hydrogen-bond acceptors (Lipinski definition) is 11. The Morgan fingerprint density at radius 2 is 1.65 bits per heavy atom. The second-order valence-corrected chi connectivity index (χ2v) is 10.7. The summed E-state index contributed by atoms with van der Waals surface area (Å²) in [5.74, 6) is 0.690. The molecule has 0 saturated carbocycles. The van der Waals surface area contributed by atoms with Gasteiger partial charge in [0.15, 0.2) is 4.93 Å². The molecule has 184 valence electrons. The molecule has 0 amide bonds. The first-order chi connectivity index (χ1) is 14.4. The van der Waals surface area contributed by atoms with Gasteiger partial charge in [0, 0.05) is 22.8 Å². The van der Waals surface area contributed by atoms with Gasteiger partial charge in [-0.2, -0.15) is 8.42 Å². The van der Waals surface area contributed by atoms with Crippen LogP contribution in [0.3, 0.4) is 0 Å². The third-order valence-electron chi connectivity index (χ3n) is 4.97. The van der Waals surface area contributed by atoms with E-state index in [0.717, 1.165) is 38.5 Å². The van der Waals surface area contributed by atoms with Crippen LogP contribution in [0.2, 0.25) is 0 Å². The highest BCUT2D eigenvalue weighted by Gasteiger charge is 2.54. The molecule has 1 saturated heterocycles. The highest BCUT2D eigenvalue weighted by atomic mass is 32.3. The van der Waals surface area contributed by atoms with Crippen molar-refractivity contribution < 1.29 is 46.6 Å². The molecule has 1 unspecified atom stereocenters. The smallest absolute Gasteiger partial charge is 0.394 e. The lowest BCUT2D eigenvalue weighted by Gasteiger charge is -2.46. The number of aliphatic hydroxyl groups is 4. The summed E-state index contributed by atoms with van der Waals surface area (Å²) < 4.78 is 51.2. The van der Waals surface area contributed by atoms with Crippen molar-refractivity contribution in [3.05, 3.63) is 0 Å². The molecule has 6 atom stereocenters. The van der Waals surface area contributed by atoms with Crippen LogP contribution in [0.4, 0.5) is 0 Å². The van der Waals surface area contributed by atoms with Crippen molar-refractivity contribution in [1.29, 1.82) is 0 Å². The summed E-state index contributed by atoms with van der Waals surface area (Å²) in [5.41, 5.74) is -0.226. The van der Waals surface area contributed by atoms with E-state index in [1.54, 1.807) is 6.26 Å². The molecule has 1 fully saturated rings. The van der Waals surface area contributed by atoms with Crippen LogP contribution >= 0.6 is 12.6 Å². The average Bonchev–Trinajstić information content (AvgIpc) is 2.69. The van der Waals surface area contributed by atoms with Crippen LogP contribution in [0.1, 0.15) is 51.4 Å². The summed E-state index contributed by atoms with van der Waals surface area (Å²) in [6.45, 7) is -0.703. The third kappa shape index (κ3) is 9.60. The molecule has 0 aromatic carbocycles. The van der Waals surface area contributed by atoms with Gasteiger partial charge in [0.2, 0.25) is 0 Å². The topological polar surface area (TPSA) is 183 Å². The van der Waals surface area contributed by atoms with Gasteiger partial charge in [-0.15, -0.1) is 12.6 Å². The molecule has 31 heavy (non-hydrogen) atoms. The summed E-state index contributed by atoms with van der Waals surface area (Å²) in [6, 6.07) is 0. The van der Waals surface area contributed by atoms with Gasteiger partial charge >= 0.3 is 10.4 Å². The quantitative estimate of drug-likeness (QED) is 0.0603. The van der Waals surface area contributed by atoms with E-state index in [2.05, 4.69) is 22.1 Å². The summed E-state index contributed by atoms with van der Waals surface area (Å²) >= 11 is 4.21. The predicted molar refractivity (Wildman–Crippen MR) is 118 cm³/mol. The van der Waals surface area contributed by atoms with E-state index < -0.39 is 57.2 Å². The molecule has 1 aliphatic heterocycles. The Morgan fingerprint density at radius 1 is 1.10 bits per heavy atom. The Kier molecular flexibility index (Phi) is 12.4. The largest absolute Gasteiger partial charge is 0.466 e. The van der Waals surface area contributed by atoms with Crippen LogP contribution in [0.5, 0.6) is 0 Å². The van der Waals surface area contributed by atoms with Crippen molar-refractivity contribution in [2.24, 2.45) is 5.16 Å². The van der Waals surface area contributed by atoms with Crippen LogP contribution in [-0.4, -0.2) is 91.3 Å². The summed E-state index contributed by atoms with van der Waals surface area (Å²) in [6.07, 6.45) is 1.13. The average molecular weight is 508 g/mol. The molecule has 1 heterocycles. The fraction of sp³-hybridized carbons (Fsp3) is 0.941. The van der Waals surface area contributed by atoms with Gasteiger partial charge in [-0.25, -0.2) is 4.28 Å². The number of nitrogens with zero attached hydrogens (tertiary/aromatic N) is 1. The number of oxime groups is 1. The maximum absolute atomic E-state index is 11.0. The Hall–Kier alpha value is -0.320. The molecule has 1 rings (SSSR count). The second kappa shape index (κ2) is 13.4. The van der Waals surface area contributed by atoms with Gasteiger partial charge in [-0.05, 0) is 19.3 Å². The van der Waals surface area contributed by atoms with Gasteiger partial charge in [-0.3, -0.25) is 8.76 Å². The lowest BCUT2D eigenvalue weighted by Crippen LogP contribution is -2.65. The normalized spacial score (nSPS) is 30.9. The molecule has 0 aromatic heterocycles. The van der Waals surface area contributed by atoms with Crippen molar-refractivity contribution in [1.82, 2.24) is 0 Å². The zero-order chi connectivity index (χ0) is 23.7. The van der Waals surface area contributed by atoms with Crippen molar-refractivity contribution in [3.63, 3.8) is 0 Å². The SMILES string of the molecule is CS(=O)CCCCCCCCC/C(=N\OS(=O)(=O)O)[C@@]1(S)O[C@H](CO)[C@@H](O)[C@H](O)[C@H]1O. The van der Waals surface area contributed by atoms with Crippen LogP contribution < -0.4 is 0 Å². The van der Waals surface area contributed by atoms with E-state index in [4.69, 9.17) is 9.29 Å². The number of aliphatic hydroxyl groups excluding tert-OH is 4. The summed E-state index contributed by atoms with van der Waals surface area (Å²) in [4.78, 5) is -2.06. The maximum Gasteiger partial charge on any atom is 0.466 e. The Labute approximate surface area is 190 Å². The van der Waals surface area contributed by atoms with E-state index >= 15 is 0 Å². The molecule has 0 bridgehead atoms. The predicted octanol–water partition coefficient (Wildman–Crippen LogP) is -0.239. The molecule has 0 spiro atoms. The van der Waals surface area contributed by atoms with E-state index in [9.17, 15) is 33.1 Å². The fourth-order valence-corrected chi connectivity index (χ4v) is 4.49. The fourth-order valence-electron chi connectivity index (χ4n) is 3.26. The minimum absolute atomic E-state index is 0.0475. The minimum Gasteiger partial charge on any atom is -0.394 e. The third-order valence-corrected chi connectivity index (χ3v) is 6.72. The molecule has 0 radical (unpaired) electrons. The Balaban J connectivity index is 2.72. The Morgan fingerprint density at radius 3 is 2.16 bits per heavy atom. The Bertz CT molecular complexity index is 702. The molecule has 0 aromatic rings. The first-order valence-electron chi connectivity index (χ1n) is 10.0. The van der Waals surface area contributed by atoms with Gasteiger partial charge in [0.25, 0.3) is 0 Å². The van der Waals surface area contributed by atoms with Crippen molar-refractivity contribution in [2.75, 3.05) is 18.6 Å². The lowest BCUT2D eigenvalue weighted by atomic mass is 9.90. The monoisotopic (exact) mass is 507 g/mol.